The number of carbonyl (C=O) groups is 2. The Hall–Kier alpha value is -3.72. The number of ketones is 1. The fourth-order valence-electron chi connectivity index (χ4n) is 4.24. The summed E-state index contributed by atoms with van der Waals surface area (Å²) in [6, 6.07) is 11.4. The highest BCUT2D eigenvalue weighted by Crippen LogP contribution is 2.43. The van der Waals surface area contributed by atoms with Gasteiger partial charge in [0.2, 0.25) is 5.13 Å². The molecule has 2 atom stereocenters. The minimum atomic E-state index is -0.855. The van der Waals surface area contributed by atoms with E-state index in [-0.39, 0.29) is 17.4 Å². The molecule has 0 spiro atoms. The number of amides is 1. The molecule has 0 saturated carbocycles. The van der Waals surface area contributed by atoms with E-state index < -0.39 is 17.7 Å². The van der Waals surface area contributed by atoms with Crippen molar-refractivity contribution in [3.05, 3.63) is 69.7 Å². The van der Waals surface area contributed by atoms with E-state index in [0.717, 1.165) is 11.3 Å². The minimum Gasteiger partial charge on any atom is -0.507 e. The van der Waals surface area contributed by atoms with Gasteiger partial charge in [0.05, 0.1) is 18.7 Å². The van der Waals surface area contributed by atoms with Crippen LogP contribution in [0, 0.1) is 6.92 Å². The van der Waals surface area contributed by atoms with E-state index in [2.05, 4.69) is 10.2 Å². The number of benzene rings is 2. The molecular formula is C24H21N3O5S. The molecule has 0 aliphatic carbocycles. The van der Waals surface area contributed by atoms with Crippen LogP contribution < -0.4 is 14.4 Å². The van der Waals surface area contributed by atoms with Gasteiger partial charge in [-0.2, -0.15) is 0 Å². The molecule has 1 saturated heterocycles. The number of Topliss-reactive ketones (excluding diaryl/α,β-unsaturated/α-hetero) is 1. The number of aromatic nitrogens is 2. The van der Waals surface area contributed by atoms with Crippen molar-refractivity contribution in [2.75, 3.05) is 12.0 Å². The number of methoxy groups -OCH3 is 1. The first-order valence-corrected chi connectivity index (χ1v) is 11.2. The van der Waals surface area contributed by atoms with Crippen molar-refractivity contribution in [2.24, 2.45) is 0 Å². The quantitative estimate of drug-likeness (QED) is 0.357. The van der Waals surface area contributed by atoms with Crippen LogP contribution in [-0.4, -0.2) is 40.2 Å². The van der Waals surface area contributed by atoms with Crippen LogP contribution in [0.3, 0.4) is 0 Å². The molecule has 2 aromatic carbocycles. The van der Waals surface area contributed by atoms with Crippen LogP contribution in [0.1, 0.15) is 34.7 Å². The molecule has 33 heavy (non-hydrogen) atoms. The largest absolute Gasteiger partial charge is 0.507 e. The molecule has 2 aliphatic rings. The van der Waals surface area contributed by atoms with E-state index in [0.29, 0.717) is 33.4 Å². The Bertz CT molecular complexity index is 1300. The maximum atomic E-state index is 13.2. The number of rotatable bonds is 4. The molecule has 2 aliphatic heterocycles. The molecule has 8 nitrogen and oxygen atoms in total. The van der Waals surface area contributed by atoms with Gasteiger partial charge < -0.3 is 14.6 Å². The summed E-state index contributed by atoms with van der Waals surface area (Å²) < 4.78 is 11.0. The van der Waals surface area contributed by atoms with Gasteiger partial charge in [-0.05, 0) is 55.3 Å². The highest BCUT2D eigenvalue weighted by Gasteiger charge is 2.48. The molecular weight excluding hydrogens is 442 g/mol. The van der Waals surface area contributed by atoms with E-state index in [9.17, 15) is 14.7 Å². The zero-order valence-corrected chi connectivity index (χ0v) is 19.0. The van der Waals surface area contributed by atoms with E-state index in [1.54, 1.807) is 50.4 Å². The van der Waals surface area contributed by atoms with E-state index in [4.69, 9.17) is 9.47 Å². The van der Waals surface area contributed by atoms with Crippen LogP contribution >= 0.6 is 11.3 Å². The summed E-state index contributed by atoms with van der Waals surface area (Å²) in [5.74, 6) is -0.371. The molecule has 3 heterocycles. The average Bonchev–Trinajstić information content (AvgIpc) is 3.48. The number of ether oxygens (including phenoxy) is 2. The fraction of sp³-hybridized carbons (Fsp3) is 0.250. The predicted octanol–water partition coefficient (Wildman–Crippen LogP) is 3.80. The predicted molar refractivity (Wildman–Crippen MR) is 123 cm³/mol. The number of anilines is 1. The van der Waals surface area contributed by atoms with Crippen LogP contribution in [0.4, 0.5) is 5.13 Å². The normalized spacial score (nSPS) is 21.2. The molecule has 9 heteroatoms. The maximum Gasteiger partial charge on any atom is 0.301 e. The van der Waals surface area contributed by atoms with Crippen molar-refractivity contribution >= 4 is 33.9 Å². The Morgan fingerprint density at radius 1 is 1.18 bits per heavy atom. The highest BCUT2D eigenvalue weighted by atomic mass is 32.1. The smallest absolute Gasteiger partial charge is 0.301 e. The summed E-state index contributed by atoms with van der Waals surface area (Å²) in [7, 11) is 1.56. The maximum absolute atomic E-state index is 13.2. The number of fused-ring (bicyclic) bond motifs is 1. The molecule has 5 rings (SSSR count). The van der Waals surface area contributed by atoms with Crippen LogP contribution in [0.5, 0.6) is 11.5 Å². The third kappa shape index (κ3) is 3.54. The van der Waals surface area contributed by atoms with Gasteiger partial charge in [0.1, 0.15) is 28.4 Å². The third-order valence-corrected chi connectivity index (χ3v) is 6.60. The fourth-order valence-corrected chi connectivity index (χ4v) is 4.95. The van der Waals surface area contributed by atoms with Gasteiger partial charge in [-0.25, -0.2) is 0 Å². The van der Waals surface area contributed by atoms with Crippen molar-refractivity contribution in [1.29, 1.82) is 0 Å². The third-order valence-electron chi connectivity index (χ3n) is 5.77. The van der Waals surface area contributed by atoms with E-state index >= 15 is 0 Å². The lowest BCUT2D eigenvalue weighted by Gasteiger charge is -2.22. The van der Waals surface area contributed by atoms with Crippen molar-refractivity contribution in [1.82, 2.24) is 10.2 Å². The summed E-state index contributed by atoms with van der Waals surface area (Å²) in [4.78, 5) is 27.6. The second-order valence-electron chi connectivity index (χ2n) is 8.00. The number of nitrogens with zero attached hydrogens (tertiary/aromatic N) is 3. The van der Waals surface area contributed by atoms with Crippen LogP contribution in [0.15, 0.2) is 48.0 Å². The Balaban J connectivity index is 1.67. The van der Waals surface area contributed by atoms with Crippen LogP contribution in [0.2, 0.25) is 0 Å². The van der Waals surface area contributed by atoms with Crippen molar-refractivity contribution < 1.29 is 24.2 Å². The van der Waals surface area contributed by atoms with E-state index in [1.807, 2.05) is 13.0 Å². The number of aliphatic hydroxyl groups excluding tert-OH is 1. The van der Waals surface area contributed by atoms with Gasteiger partial charge in [0.25, 0.3) is 5.78 Å². The zero-order valence-electron chi connectivity index (χ0n) is 18.2. The second-order valence-corrected chi connectivity index (χ2v) is 9.16. The Labute approximate surface area is 194 Å². The van der Waals surface area contributed by atoms with Gasteiger partial charge >= 0.3 is 5.91 Å². The summed E-state index contributed by atoms with van der Waals surface area (Å²) in [5.41, 5.74) is 2.05. The standard InChI is InChI=1S/C24H21N3O5S/c1-12-10-16-11-15(6-9-18(16)32-12)21(28)19-20(14-4-7-17(31-3)8-5-14)27(23(30)22(19)29)24-26-25-13(2)33-24/h4-9,11-12,20,28H,10H2,1-3H3/b21-19+. The topological polar surface area (TPSA) is 102 Å². The van der Waals surface area contributed by atoms with Crippen molar-refractivity contribution in [2.45, 2.75) is 32.4 Å². The Morgan fingerprint density at radius 3 is 2.61 bits per heavy atom. The first-order chi connectivity index (χ1) is 15.9. The van der Waals surface area contributed by atoms with Gasteiger partial charge in [0, 0.05) is 12.0 Å². The summed E-state index contributed by atoms with van der Waals surface area (Å²) >= 11 is 1.21. The highest BCUT2D eigenvalue weighted by molar-refractivity contribution is 7.15. The molecule has 1 amide bonds. The molecule has 1 fully saturated rings. The first-order valence-electron chi connectivity index (χ1n) is 10.4. The SMILES string of the molecule is COc1ccc(C2/C(=C(\O)c3ccc4c(c3)CC(C)O4)C(=O)C(=O)N2c2nnc(C)s2)cc1. The molecule has 0 bridgehead atoms. The van der Waals surface area contributed by atoms with Crippen molar-refractivity contribution in [3.63, 3.8) is 0 Å². The lowest BCUT2D eigenvalue weighted by Crippen LogP contribution is -2.29. The molecule has 0 radical (unpaired) electrons. The summed E-state index contributed by atoms with van der Waals surface area (Å²) in [6.45, 7) is 3.74. The van der Waals surface area contributed by atoms with Crippen molar-refractivity contribution in [3.8, 4) is 11.5 Å². The van der Waals surface area contributed by atoms with Gasteiger partial charge in [-0.1, -0.05) is 23.5 Å². The number of aliphatic hydroxyl groups is 1. The number of hydrogen-bond donors (Lipinski definition) is 1. The average molecular weight is 464 g/mol. The second kappa shape index (κ2) is 8.00. The molecule has 3 aromatic rings. The Morgan fingerprint density at radius 2 is 1.94 bits per heavy atom. The zero-order chi connectivity index (χ0) is 23.3. The molecule has 1 aromatic heterocycles. The molecule has 1 N–H and O–H groups in total. The summed E-state index contributed by atoms with van der Waals surface area (Å²) in [5, 5.41) is 20.3. The molecule has 168 valence electrons. The molecule has 2 unspecified atom stereocenters. The monoisotopic (exact) mass is 463 g/mol. The lowest BCUT2D eigenvalue weighted by molar-refractivity contribution is -0.132. The van der Waals surface area contributed by atoms with Gasteiger partial charge in [-0.3, -0.25) is 14.5 Å². The summed E-state index contributed by atoms with van der Waals surface area (Å²) in [6.07, 6.45) is 0.749. The van der Waals surface area contributed by atoms with Gasteiger partial charge in [0.15, 0.2) is 0 Å². The number of carbonyl (C=O) groups excluding carboxylic acids is 2. The van der Waals surface area contributed by atoms with Crippen LogP contribution in [0.25, 0.3) is 5.76 Å². The van der Waals surface area contributed by atoms with Gasteiger partial charge in [-0.15, -0.1) is 10.2 Å². The number of aryl methyl sites for hydroxylation is 1. The first kappa shape index (κ1) is 21.1. The van der Waals surface area contributed by atoms with E-state index in [1.165, 1.54) is 16.2 Å². The minimum absolute atomic E-state index is 0.00457. The lowest BCUT2D eigenvalue weighted by atomic mass is 9.94. The number of hydrogen-bond acceptors (Lipinski definition) is 8. The Kier molecular flexibility index (Phi) is 5.13. The van der Waals surface area contributed by atoms with Crippen LogP contribution in [-0.2, 0) is 16.0 Å².